The van der Waals surface area contributed by atoms with Crippen molar-refractivity contribution in [2.24, 2.45) is 5.73 Å². The predicted octanol–water partition coefficient (Wildman–Crippen LogP) is -4.78. The second kappa shape index (κ2) is 6.38. The van der Waals surface area contributed by atoms with Gasteiger partial charge >= 0.3 is 0 Å². The number of ether oxygens (including phenoxy) is 1. The molecule has 0 radical (unpaired) electrons. The molecule has 9 heteroatoms. The van der Waals surface area contributed by atoms with E-state index in [1.165, 1.54) is 0 Å². The van der Waals surface area contributed by atoms with E-state index in [2.05, 4.69) is 5.32 Å². The van der Waals surface area contributed by atoms with E-state index in [4.69, 9.17) is 20.7 Å². The summed E-state index contributed by atoms with van der Waals surface area (Å²) in [5.41, 5.74) is 5.25. The normalized spacial score (nSPS) is 38.2. The number of hydrogen-bond acceptors (Lipinski definition) is 8. The Morgan fingerprint density at radius 2 is 1.83 bits per heavy atom. The Morgan fingerprint density at radius 1 is 1.22 bits per heavy atom. The van der Waals surface area contributed by atoms with Crippen molar-refractivity contribution in [3.05, 3.63) is 0 Å². The molecule has 0 aromatic rings. The van der Waals surface area contributed by atoms with Crippen LogP contribution in [0.1, 0.15) is 0 Å². The lowest BCUT2D eigenvalue weighted by Gasteiger charge is -2.40. The van der Waals surface area contributed by atoms with Gasteiger partial charge in [-0.15, -0.1) is 0 Å². The molecule has 1 aliphatic rings. The zero-order valence-electron chi connectivity index (χ0n) is 9.51. The topological polar surface area (TPSA) is 166 Å². The van der Waals surface area contributed by atoms with Gasteiger partial charge in [0.05, 0.1) is 13.2 Å². The lowest BCUT2D eigenvalue weighted by Crippen LogP contribution is -2.64. The highest BCUT2D eigenvalue weighted by molar-refractivity contribution is 5.81. The molecule has 6 atom stereocenters. The summed E-state index contributed by atoms with van der Waals surface area (Å²) in [6, 6.07) is -1.20. The highest BCUT2D eigenvalue weighted by atomic mass is 16.6. The highest BCUT2D eigenvalue weighted by Gasteiger charge is 2.44. The van der Waals surface area contributed by atoms with E-state index in [0.717, 1.165) is 0 Å². The first-order valence-electron chi connectivity index (χ1n) is 5.39. The molecular weight excluding hydrogens is 248 g/mol. The fourth-order valence-corrected chi connectivity index (χ4v) is 1.55. The van der Waals surface area contributed by atoms with E-state index >= 15 is 0 Å². The van der Waals surface area contributed by atoms with Crippen LogP contribution in [0.25, 0.3) is 0 Å². The van der Waals surface area contributed by atoms with Gasteiger partial charge in [-0.05, 0) is 0 Å². The zero-order chi connectivity index (χ0) is 13.9. The van der Waals surface area contributed by atoms with Crippen molar-refractivity contribution < 1.29 is 35.1 Å². The Labute approximate surface area is 103 Å². The maximum Gasteiger partial charge on any atom is 0.241 e. The third kappa shape index (κ3) is 3.14. The van der Waals surface area contributed by atoms with Crippen molar-refractivity contribution in [1.82, 2.24) is 5.32 Å². The van der Waals surface area contributed by atoms with Crippen LogP contribution in [-0.4, -0.2) is 81.3 Å². The fraction of sp³-hybridized carbons (Fsp3) is 0.889. The lowest BCUT2D eigenvalue weighted by atomic mass is 9.98. The van der Waals surface area contributed by atoms with Crippen LogP contribution < -0.4 is 11.1 Å². The van der Waals surface area contributed by atoms with Gasteiger partial charge in [-0.3, -0.25) is 4.79 Å². The number of rotatable bonds is 4. The van der Waals surface area contributed by atoms with E-state index in [9.17, 15) is 20.1 Å². The van der Waals surface area contributed by atoms with Crippen LogP contribution in [0.4, 0.5) is 0 Å². The Kier molecular flexibility index (Phi) is 5.41. The summed E-state index contributed by atoms with van der Waals surface area (Å²) in [5, 5.41) is 48.3. The summed E-state index contributed by atoms with van der Waals surface area (Å²) in [6.07, 6.45) is -7.08. The second-order valence-corrected chi connectivity index (χ2v) is 4.05. The Morgan fingerprint density at radius 3 is 2.33 bits per heavy atom. The maximum atomic E-state index is 11.4. The number of carbonyl (C=O) groups is 1. The first-order chi connectivity index (χ1) is 8.42. The van der Waals surface area contributed by atoms with Gasteiger partial charge in [0.1, 0.15) is 30.5 Å². The number of carbonyl (C=O) groups excluding carboxylic acids is 1. The zero-order valence-corrected chi connectivity index (χ0v) is 9.51. The van der Waals surface area contributed by atoms with Crippen LogP contribution in [0.2, 0.25) is 0 Å². The largest absolute Gasteiger partial charge is 0.394 e. The molecule has 1 heterocycles. The summed E-state index contributed by atoms with van der Waals surface area (Å²) >= 11 is 0. The maximum absolute atomic E-state index is 11.4. The van der Waals surface area contributed by atoms with Gasteiger partial charge in [-0.1, -0.05) is 0 Å². The van der Waals surface area contributed by atoms with Crippen LogP contribution >= 0.6 is 0 Å². The van der Waals surface area contributed by atoms with E-state index in [-0.39, 0.29) is 0 Å². The fourth-order valence-electron chi connectivity index (χ4n) is 1.55. The Hall–Kier alpha value is -0.810. The minimum atomic E-state index is -1.58. The van der Waals surface area contributed by atoms with E-state index in [0.29, 0.717) is 0 Å². The number of aliphatic hydroxyl groups is 5. The molecule has 8 N–H and O–H groups in total. The molecule has 9 nitrogen and oxygen atoms in total. The summed E-state index contributed by atoms with van der Waals surface area (Å²) < 4.78 is 5.02. The summed E-state index contributed by atoms with van der Waals surface area (Å²) in [6.45, 7) is -1.19. The summed E-state index contributed by atoms with van der Waals surface area (Å²) in [4.78, 5) is 11.4. The Bertz CT molecular complexity index is 288. The SMILES string of the molecule is NC(CO)C(=O)NC1OC(CO)C(O)C(O)C1O. The average Bonchev–Trinajstić information content (AvgIpc) is 2.38. The van der Waals surface area contributed by atoms with Crippen LogP contribution in [0, 0.1) is 0 Å². The van der Waals surface area contributed by atoms with Crippen LogP contribution in [0.3, 0.4) is 0 Å². The van der Waals surface area contributed by atoms with Crippen molar-refractivity contribution >= 4 is 5.91 Å². The molecule has 1 amide bonds. The van der Waals surface area contributed by atoms with Crippen LogP contribution in [0.5, 0.6) is 0 Å². The number of amides is 1. The molecule has 1 saturated heterocycles. The first kappa shape index (κ1) is 15.2. The molecule has 0 aliphatic carbocycles. The molecule has 0 bridgehead atoms. The first-order valence-corrected chi connectivity index (χ1v) is 5.39. The molecular formula is C9H18N2O7. The van der Waals surface area contributed by atoms with Crippen molar-refractivity contribution in [3.63, 3.8) is 0 Å². The highest BCUT2D eigenvalue weighted by Crippen LogP contribution is 2.19. The number of hydrogen-bond donors (Lipinski definition) is 7. The molecule has 6 unspecified atom stereocenters. The van der Waals surface area contributed by atoms with Crippen LogP contribution in [-0.2, 0) is 9.53 Å². The number of nitrogens with one attached hydrogen (secondary N) is 1. The molecule has 0 aromatic heterocycles. The number of aliphatic hydroxyl groups excluding tert-OH is 5. The predicted molar refractivity (Wildman–Crippen MR) is 57.0 cm³/mol. The van der Waals surface area contributed by atoms with Gasteiger partial charge < -0.3 is 41.3 Å². The molecule has 1 rings (SSSR count). The molecule has 0 spiro atoms. The van der Waals surface area contributed by atoms with Crippen molar-refractivity contribution in [3.8, 4) is 0 Å². The minimum absolute atomic E-state index is 0.594. The third-order valence-electron chi connectivity index (χ3n) is 2.71. The summed E-state index contributed by atoms with van der Waals surface area (Å²) in [5.74, 6) is -0.790. The summed E-state index contributed by atoms with van der Waals surface area (Å²) in [7, 11) is 0. The van der Waals surface area contributed by atoms with E-state index < -0.39 is 55.8 Å². The average molecular weight is 266 g/mol. The Balaban J connectivity index is 2.67. The molecule has 18 heavy (non-hydrogen) atoms. The van der Waals surface area contributed by atoms with Gasteiger partial charge in [0.25, 0.3) is 0 Å². The van der Waals surface area contributed by atoms with Gasteiger partial charge in [-0.25, -0.2) is 0 Å². The van der Waals surface area contributed by atoms with Crippen molar-refractivity contribution in [2.75, 3.05) is 13.2 Å². The van der Waals surface area contributed by atoms with Gasteiger partial charge in [0.2, 0.25) is 5.91 Å². The standard InChI is InChI=1S/C9H18N2O7/c10-3(1-12)8(17)11-9-7(16)6(15)5(14)4(2-13)18-9/h3-7,9,12-16H,1-2,10H2,(H,11,17). The van der Waals surface area contributed by atoms with Gasteiger partial charge in [0.15, 0.2) is 6.23 Å². The second-order valence-electron chi connectivity index (χ2n) is 4.05. The molecule has 1 fully saturated rings. The van der Waals surface area contributed by atoms with Gasteiger partial charge in [-0.2, -0.15) is 0 Å². The van der Waals surface area contributed by atoms with Crippen molar-refractivity contribution in [1.29, 1.82) is 0 Å². The minimum Gasteiger partial charge on any atom is -0.394 e. The third-order valence-corrected chi connectivity index (χ3v) is 2.71. The van der Waals surface area contributed by atoms with Crippen molar-refractivity contribution in [2.45, 2.75) is 36.7 Å². The number of nitrogens with two attached hydrogens (primary N) is 1. The quantitative estimate of drug-likeness (QED) is 0.266. The smallest absolute Gasteiger partial charge is 0.241 e. The van der Waals surface area contributed by atoms with E-state index in [1.807, 2.05) is 0 Å². The molecule has 0 aromatic carbocycles. The monoisotopic (exact) mass is 266 g/mol. The molecule has 0 saturated carbocycles. The lowest BCUT2D eigenvalue weighted by molar-refractivity contribution is -0.236. The van der Waals surface area contributed by atoms with Crippen LogP contribution in [0.15, 0.2) is 0 Å². The molecule has 106 valence electrons. The van der Waals surface area contributed by atoms with Gasteiger partial charge in [0, 0.05) is 0 Å². The van der Waals surface area contributed by atoms with E-state index in [1.54, 1.807) is 0 Å². The molecule has 1 aliphatic heterocycles.